The van der Waals surface area contributed by atoms with Gasteiger partial charge in [-0.25, -0.2) is 9.97 Å². The van der Waals surface area contributed by atoms with E-state index in [1.165, 1.54) is 0 Å². The Morgan fingerprint density at radius 3 is 2.52 bits per heavy atom. The van der Waals surface area contributed by atoms with E-state index in [4.69, 9.17) is 1.37 Å². The summed E-state index contributed by atoms with van der Waals surface area (Å²) in [4.78, 5) is 23.6. The van der Waals surface area contributed by atoms with Crippen LogP contribution in [-0.4, -0.2) is 56.7 Å². The largest absolute Gasteiger partial charge is 0.419 e. The predicted octanol–water partition coefficient (Wildman–Crippen LogP) is 2.58. The number of carbonyl (C=O) groups is 1. The average molecular weight is 405 g/mol. The third-order valence-electron chi connectivity index (χ3n) is 4.82. The number of fused-ring (bicyclic) bond motifs is 1. The zero-order valence-electron chi connectivity index (χ0n) is 16.4. The molecule has 7 nitrogen and oxygen atoms in total. The molecular weight excluding hydrogens is 385 g/mol. The lowest BCUT2D eigenvalue weighted by atomic mass is 10.2. The van der Waals surface area contributed by atoms with Gasteiger partial charge in [0, 0.05) is 63.1 Å². The number of halogens is 3. The van der Waals surface area contributed by atoms with Crippen molar-refractivity contribution in [3.05, 3.63) is 48.4 Å². The number of amides is 1. The Hall–Kier alpha value is -3.17. The van der Waals surface area contributed by atoms with Crippen LogP contribution in [0.1, 0.15) is 13.4 Å². The lowest BCUT2D eigenvalue weighted by Gasteiger charge is -2.34. The van der Waals surface area contributed by atoms with E-state index >= 15 is 0 Å². The molecule has 1 aliphatic heterocycles. The Morgan fingerprint density at radius 2 is 1.86 bits per heavy atom. The number of aryl methyl sites for hydroxylation is 1. The summed E-state index contributed by atoms with van der Waals surface area (Å²) >= 11 is 0. The molecule has 0 bridgehead atoms. The van der Waals surface area contributed by atoms with Crippen molar-refractivity contribution in [3.8, 4) is 0 Å². The average Bonchev–Trinajstić information content (AvgIpc) is 3.16. The first-order valence-electron chi connectivity index (χ1n) is 9.66. The minimum atomic E-state index is -4.47. The van der Waals surface area contributed by atoms with Crippen molar-refractivity contribution in [1.29, 1.82) is 0 Å². The van der Waals surface area contributed by atoms with Gasteiger partial charge in [0.25, 0.3) is 0 Å². The number of carbonyl (C=O) groups excluding carboxylic acids is 1. The zero-order chi connectivity index (χ0) is 21.3. The van der Waals surface area contributed by atoms with Crippen LogP contribution in [0.25, 0.3) is 10.9 Å². The molecule has 0 unspecified atom stereocenters. The molecule has 0 saturated carbocycles. The summed E-state index contributed by atoms with van der Waals surface area (Å²) in [5.74, 6) is 0.207. The van der Waals surface area contributed by atoms with Crippen molar-refractivity contribution in [3.63, 3.8) is 0 Å². The molecule has 3 aromatic rings. The highest BCUT2D eigenvalue weighted by atomic mass is 19.4. The van der Waals surface area contributed by atoms with Gasteiger partial charge in [0.15, 0.2) is 0 Å². The second kappa shape index (κ2) is 7.69. The monoisotopic (exact) mass is 405 g/mol. The third-order valence-corrected chi connectivity index (χ3v) is 4.82. The van der Waals surface area contributed by atoms with Crippen molar-refractivity contribution in [2.24, 2.45) is 0 Å². The van der Waals surface area contributed by atoms with Crippen molar-refractivity contribution in [2.75, 3.05) is 31.1 Å². The molecule has 1 amide bonds. The van der Waals surface area contributed by atoms with Crippen LogP contribution in [0.2, 0.25) is 0 Å². The lowest BCUT2D eigenvalue weighted by molar-refractivity contribution is -0.138. The molecule has 0 atom stereocenters. The van der Waals surface area contributed by atoms with Gasteiger partial charge in [-0.1, -0.05) is 18.2 Å². The maximum absolute atomic E-state index is 12.6. The van der Waals surface area contributed by atoms with E-state index in [0.29, 0.717) is 44.3 Å². The second-order valence-electron chi connectivity index (χ2n) is 6.75. The van der Waals surface area contributed by atoms with Crippen LogP contribution >= 0.6 is 0 Å². The number of benzene rings is 1. The van der Waals surface area contributed by atoms with Crippen LogP contribution in [0.5, 0.6) is 0 Å². The molecule has 1 aliphatic rings. The fraction of sp³-hybridized carbons (Fsp3) is 0.368. The second-order valence-corrected chi connectivity index (χ2v) is 6.75. The van der Waals surface area contributed by atoms with Gasteiger partial charge in [-0.3, -0.25) is 9.48 Å². The maximum Gasteiger partial charge on any atom is 0.419 e. The number of nitrogens with zero attached hydrogens (tertiary/aromatic N) is 6. The first-order chi connectivity index (χ1) is 14.3. The Kier molecular flexibility index (Phi) is 4.74. The summed E-state index contributed by atoms with van der Waals surface area (Å²) in [6.07, 6.45) is -0.822. The van der Waals surface area contributed by atoms with Crippen LogP contribution in [0, 0.1) is 0 Å². The number of aromatic nitrogens is 4. The minimum Gasteiger partial charge on any atom is -0.339 e. The molecule has 0 radical (unpaired) electrons. The van der Waals surface area contributed by atoms with Gasteiger partial charge in [0.2, 0.25) is 11.9 Å². The predicted molar refractivity (Wildman–Crippen MR) is 100 cm³/mol. The summed E-state index contributed by atoms with van der Waals surface area (Å²) < 4.78 is 47.4. The van der Waals surface area contributed by atoms with Crippen LogP contribution in [-0.2, 0) is 17.5 Å². The molecule has 10 heteroatoms. The number of hydrogen-bond acceptors (Lipinski definition) is 5. The Labute approximate surface area is 166 Å². The summed E-state index contributed by atoms with van der Waals surface area (Å²) in [5.41, 5.74) is -0.279. The number of anilines is 1. The number of rotatable bonds is 4. The van der Waals surface area contributed by atoms with Gasteiger partial charge >= 0.3 is 6.18 Å². The zero-order valence-corrected chi connectivity index (χ0v) is 15.4. The smallest absolute Gasteiger partial charge is 0.339 e. The van der Waals surface area contributed by atoms with Crippen LogP contribution in [0.4, 0.5) is 19.1 Å². The Balaban J connectivity index is 1.30. The highest BCUT2D eigenvalue weighted by Gasteiger charge is 2.32. The standard InChI is InChI=1S/C19H19F3N6O/c20-19(21,22)15-11-23-18(24-12-15)27-9-7-26(8-10-27)17(29)5-6-28-13-14-3-1-2-4-16(14)25-28/h1-4,11-13H,5-10H2/i4D. The molecule has 1 saturated heterocycles. The van der Waals surface area contributed by atoms with E-state index in [1.807, 2.05) is 12.3 Å². The van der Waals surface area contributed by atoms with Gasteiger partial charge in [0.1, 0.15) is 0 Å². The van der Waals surface area contributed by atoms with Gasteiger partial charge in [-0.15, -0.1) is 0 Å². The molecule has 2 aromatic heterocycles. The van der Waals surface area contributed by atoms with Crippen LogP contribution in [0.15, 0.2) is 42.8 Å². The van der Waals surface area contributed by atoms with Crippen LogP contribution in [0.3, 0.4) is 0 Å². The topological polar surface area (TPSA) is 67.2 Å². The van der Waals surface area contributed by atoms with E-state index in [9.17, 15) is 18.0 Å². The lowest BCUT2D eigenvalue weighted by Crippen LogP contribution is -2.49. The summed E-state index contributed by atoms with van der Waals surface area (Å²) in [6, 6.07) is 5.69. The van der Waals surface area contributed by atoms with Gasteiger partial charge < -0.3 is 9.80 Å². The molecule has 0 spiro atoms. The fourth-order valence-corrected chi connectivity index (χ4v) is 3.22. The van der Waals surface area contributed by atoms with E-state index in [2.05, 4.69) is 15.1 Å². The summed E-state index contributed by atoms with van der Waals surface area (Å²) in [5, 5.41) is 5.22. The Bertz CT molecular complexity index is 1040. The number of alkyl halides is 3. The molecule has 29 heavy (non-hydrogen) atoms. The minimum absolute atomic E-state index is 0.0198. The molecule has 152 valence electrons. The van der Waals surface area contributed by atoms with Crippen molar-refractivity contribution in [1.82, 2.24) is 24.6 Å². The first kappa shape index (κ1) is 17.9. The molecule has 1 aromatic carbocycles. The van der Waals surface area contributed by atoms with E-state index < -0.39 is 11.7 Å². The molecular formula is C19H19F3N6O. The van der Waals surface area contributed by atoms with Crippen molar-refractivity contribution >= 4 is 22.8 Å². The van der Waals surface area contributed by atoms with Crippen LogP contribution < -0.4 is 4.90 Å². The molecule has 0 aliphatic carbocycles. The molecule has 1 fully saturated rings. The van der Waals surface area contributed by atoms with Gasteiger partial charge in [-0.05, 0) is 6.04 Å². The quantitative estimate of drug-likeness (QED) is 0.668. The Morgan fingerprint density at radius 1 is 1.14 bits per heavy atom. The summed E-state index contributed by atoms with van der Waals surface area (Å²) in [7, 11) is 0. The van der Waals surface area contributed by atoms with Gasteiger partial charge in [-0.2, -0.15) is 18.3 Å². The molecule has 3 heterocycles. The maximum atomic E-state index is 12.6. The molecule has 4 rings (SSSR count). The highest BCUT2D eigenvalue weighted by Crippen LogP contribution is 2.28. The summed E-state index contributed by atoms with van der Waals surface area (Å²) in [6.45, 7) is 2.20. The van der Waals surface area contributed by atoms with Crippen molar-refractivity contribution in [2.45, 2.75) is 19.1 Å². The van der Waals surface area contributed by atoms with Gasteiger partial charge in [0.05, 0.1) is 12.5 Å². The van der Waals surface area contributed by atoms with E-state index in [0.717, 1.165) is 17.8 Å². The SMILES string of the molecule is [2H]c1cccc2cn(CCC(=O)N3CCN(c4ncc(C(F)(F)F)cn4)CC3)nc12. The van der Waals surface area contributed by atoms with E-state index in [-0.39, 0.29) is 18.3 Å². The fourth-order valence-electron chi connectivity index (χ4n) is 3.22. The van der Waals surface area contributed by atoms with Crippen molar-refractivity contribution < 1.29 is 19.3 Å². The molecule has 0 N–H and O–H groups in total. The number of hydrogen-bond donors (Lipinski definition) is 0. The number of piperazine rings is 1. The third kappa shape index (κ3) is 4.30. The highest BCUT2D eigenvalue weighted by molar-refractivity contribution is 5.78. The first-order valence-corrected chi connectivity index (χ1v) is 9.16. The normalized spacial score (nSPS) is 15.6. The van der Waals surface area contributed by atoms with E-state index in [1.54, 1.807) is 26.6 Å².